The highest BCUT2D eigenvalue weighted by atomic mass is 15.1. The molecule has 0 spiro atoms. The maximum Gasteiger partial charge on any atom is 0.149 e. The summed E-state index contributed by atoms with van der Waals surface area (Å²) in [5, 5.41) is 0. The van der Waals surface area contributed by atoms with Crippen molar-refractivity contribution in [3.63, 3.8) is 0 Å². The van der Waals surface area contributed by atoms with E-state index >= 15 is 0 Å². The zero-order chi connectivity index (χ0) is 10.4. The summed E-state index contributed by atoms with van der Waals surface area (Å²) in [5.41, 5.74) is 8.21. The topological polar surface area (TPSA) is 43.3 Å². The smallest absolute Gasteiger partial charge is 0.149 e. The molecule has 0 amide bonds. The molecule has 1 aliphatic rings. The predicted molar refractivity (Wildman–Crippen MR) is 60.9 cm³/mol. The number of fused-ring (bicyclic) bond motifs is 1. The van der Waals surface area contributed by atoms with E-state index in [1.165, 1.54) is 24.8 Å². The maximum atomic E-state index is 5.93. The second-order valence-electron chi connectivity index (χ2n) is 4.44. The van der Waals surface area contributed by atoms with Crippen LogP contribution in [0.15, 0.2) is 18.3 Å². The number of pyridine rings is 1. The maximum absolute atomic E-state index is 5.93. The third-order valence-corrected chi connectivity index (χ3v) is 3.32. The van der Waals surface area contributed by atoms with Crippen LogP contribution in [-0.4, -0.2) is 9.38 Å². The number of nitrogens with two attached hydrogens (primary N) is 1. The molecule has 2 heterocycles. The van der Waals surface area contributed by atoms with E-state index in [0.717, 1.165) is 11.3 Å². The molecule has 1 saturated carbocycles. The van der Waals surface area contributed by atoms with Crippen LogP contribution in [0.5, 0.6) is 0 Å². The van der Waals surface area contributed by atoms with Gasteiger partial charge in [0.1, 0.15) is 11.6 Å². The Morgan fingerprint density at radius 1 is 1.47 bits per heavy atom. The largest absolute Gasteiger partial charge is 0.382 e. The van der Waals surface area contributed by atoms with Crippen LogP contribution in [0.3, 0.4) is 0 Å². The molecule has 2 aromatic rings. The highest BCUT2D eigenvalue weighted by Crippen LogP contribution is 2.36. The highest BCUT2D eigenvalue weighted by Gasteiger charge is 2.24. The number of hydrogen-bond acceptors (Lipinski definition) is 2. The second kappa shape index (κ2) is 2.99. The Labute approximate surface area is 88.9 Å². The van der Waals surface area contributed by atoms with Crippen molar-refractivity contribution in [3.05, 3.63) is 29.7 Å². The lowest BCUT2D eigenvalue weighted by Crippen LogP contribution is -2.12. The molecule has 0 unspecified atom stereocenters. The van der Waals surface area contributed by atoms with Gasteiger partial charge in [0.15, 0.2) is 0 Å². The summed E-state index contributed by atoms with van der Waals surface area (Å²) < 4.78 is 2.14. The van der Waals surface area contributed by atoms with Gasteiger partial charge in [-0.2, -0.15) is 0 Å². The van der Waals surface area contributed by atoms with Crippen LogP contribution in [0.1, 0.15) is 36.6 Å². The lowest BCUT2D eigenvalue weighted by atomic mass is 9.85. The first-order chi connectivity index (χ1) is 7.25. The number of aromatic nitrogens is 2. The first-order valence-electron chi connectivity index (χ1n) is 5.50. The fourth-order valence-electron chi connectivity index (χ4n) is 2.19. The lowest BCUT2D eigenvalue weighted by molar-refractivity contribution is 0.400. The van der Waals surface area contributed by atoms with Gasteiger partial charge in [0, 0.05) is 12.1 Å². The van der Waals surface area contributed by atoms with Gasteiger partial charge in [-0.05, 0) is 37.5 Å². The monoisotopic (exact) mass is 201 g/mol. The van der Waals surface area contributed by atoms with Crippen molar-refractivity contribution in [3.8, 4) is 0 Å². The summed E-state index contributed by atoms with van der Waals surface area (Å²) in [4.78, 5) is 4.49. The predicted octanol–water partition coefficient (Wildman–Crippen LogP) is 2.49. The van der Waals surface area contributed by atoms with E-state index in [1.807, 2.05) is 0 Å². The first kappa shape index (κ1) is 8.77. The van der Waals surface area contributed by atoms with Gasteiger partial charge in [0.25, 0.3) is 0 Å². The van der Waals surface area contributed by atoms with E-state index in [1.54, 1.807) is 0 Å². The Morgan fingerprint density at radius 3 is 2.93 bits per heavy atom. The summed E-state index contributed by atoms with van der Waals surface area (Å²) in [5.74, 6) is 2.44. The van der Waals surface area contributed by atoms with Crippen molar-refractivity contribution in [1.82, 2.24) is 9.38 Å². The molecule has 15 heavy (non-hydrogen) atoms. The molecule has 0 atom stereocenters. The SMILES string of the molecule is Cc1ccn2c(C3CCC3)nc(N)c2c1. The quantitative estimate of drug-likeness (QED) is 0.770. The number of rotatable bonds is 1. The molecule has 1 aliphatic carbocycles. The van der Waals surface area contributed by atoms with Gasteiger partial charge < -0.3 is 10.1 Å². The van der Waals surface area contributed by atoms with Crippen LogP contribution in [-0.2, 0) is 0 Å². The fourth-order valence-corrected chi connectivity index (χ4v) is 2.19. The Bertz CT molecular complexity index is 509. The molecule has 0 aliphatic heterocycles. The third-order valence-electron chi connectivity index (χ3n) is 3.32. The third kappa shape index (κ3) is 1.23. The molecule has 0 aromatic carbocycles. The van der Waals surface area contributed by atoms with E-state index in [0.29, 0.717) is 11.7 Å². The molecular weight excluding hydrogens is 186 g/mol. The summed E-state index contributed by atoms with van der Waals surface area (Å²) >= 11 is 0. The molecule has 0 radical (unpaired) electrons. The summed E-state index contributed by atoms with van der Waals surface area (Å²) in [6.07, 6.45) is 5.92. The van der Waals surface area contributed by atoms with Crippen molar-refractivity contribution in [2.24, 2.45) is 0 Å². The van der Waals surface area contributed by atoms with E-state index < -0.39 is 0 Å². The molecular formula is C12H15N3. The average molecular weight is 201 g/mol. The van der Waals surface area contributed by atoms with Crippen molar-refractivity contribution in [2.45, 2.75) is 32.1 Å². The van der Waals surface area contributed by atoms with Crippen LogP contribution in [0.25, 0.3) is 5.52 Å². The van der Waals surface area contributed by atoms with Crippen LogP contribution >= 0.6 is 0 Å². The Balaban J connectivity index is 2.22. The molecule has 3 rings (SSSR count). The van der Waals surface area contributed by atoms with Crippen LogP contribution in [0, 0.1) is 6.92 Å². The number of hydrogen-bond donors (Lipinski definition) is 1. The van der Waals surface area contributed by atoms with Gasteiger partial charge in [0.2, 0.25) is 0 Å². The van der Waals surface area contributed by atoms with Crippen LogP contribution in [0.2, 0.25) is 0 Å². The standard InChI is InChI=1S/C12H15N3/c1-8-5-6-15-10(7-8)11(13)14-12(15)9-3-2-4-9/h5-7,9H,2-4,13H2,1H3. The second-order valence-corrected chi connectivity index (χ2v) is 4.44. The van der Waals surface area contributed by atoms with Gasteiger partial charge in [-0.3, -0.25) is 0 Å². The van der Waals surface area contributed by atoms with Crippen LogP contribution < -0.4 is 5.73 Å². The normalized spacial score (nSPS) is 16.9. The van der Waals surface area contributed by atoms with Crippen LogP contribution in [0.4, 0.5) is 5.82 Å². The molecule has 0 saturated heterocycles. The van der Waals surface area contributed by atoms with Gasteiger partial charge in [0.05, 0.1) is 5.52 Å². The minimum absolute atomic E-state index is 0.623. The number of aryl methyl sites for hydroxylation is 1. The van der Waals surface area contributed by atoms with Crippen molar-refractivity contribution in [2.75, 3.05) is 5.73 Å². The minimum Gasteiger partial charge on any atom is -0.382 e. The van der Waals surface area contributed by atoms with Gasteiger partial charge in [-0.25, -0.2) is 4.98 Å². The number of nitrogens with zero attached hydrogens (tertiary/aromatic N) is 2. The zero-order valence-corrected chi connectivity index (χ0v) is 8.90. The molecule has 2 aromatic heterocycles. The Kier molecular flexibility index (Phi) is 1.75. The van der Waals surface area contributed by atoms with Gasteiger partial charge in [-0.15, -0.1) is 0 Å². The zero-order valence-electron chi connectivity index (χ0n) is 8.90. The minimum atomic E-state index is 0.623. The van der Waals surface area contributed by atoms with Gasteiger partial charge in [-0.1, -0.05) is 6.42 Å². The fraction of sp³-hybridized carbons (Fsp3) is 0.417. The molecule has 78 valence electrons. The Hall–Kier alpha value is -1.51. The average Bonchev–Trinajstić information content (AvgIpc) is 2.41. The number of imidazole rings is 1. The van der Waals surface area contributed by atoms with Crippen molar-refractivity contribution >= 4 is 11.3 Å². The van der Waals surface area contributed by atoms with E-state index in [9.17, 15) is 0 Å². The van der Waals surface area contributed by atoms with Crippen molar-refractivity contribution < 1.29 is 0 Å². The van der Waals surface area contributed by atoms with Crippen molar-refractivity contribution in [1.29, 1.82) is 0 Å². The van der Waals surface area contributed by atoms with E-state index in [2.05, 4.69) is 34.6 Å². The van der Waals surface area contributed by atoms with Gasteiger partial charge >= 0.3 is 0 Å². The summed E-state index contributed by atoms with van der Waals surface area (Å²) in [6, 6.07) is 4.21. The molecule has 1 fully saturated rings. The molecule has 3 heteroatoms. The summed E-state index contributed by atoms with van der Waals surface area (Å²) in [6.45, 7) is 2.08. The first-order valence-corrected chi connectivity index (χ1v) is 5.50. The summed E-state index contributed by atoms with van der Waals surface area (Å²) in [7, 11) is 0. The lowest BCUT2D eigenvalue weighted by Gasteiger charge is -2.23. The van der Waals surface area contributed by atoms with E-state index in [4.69, 9.17) is 5.73 Å². The molecule has 0 bridgehead atoms. The molecule has 2 N–H and O–H groups in total. The Morgan fingerprint density at radius 2 is 2.27 bits per heavy atom. The number of nitrogen functional groups attached to an aromatic ring is 1. The number of anilines is 1. The highest BCUT2D eigenvalue weighted by molar-refractivity contribution is 5.67. The molecule has 3 nitrogen and oxygen atoms in total. The van der Waals surface area contributed by atoms with E-state index in [-0.39, 0.29) is 0 Å².